The van der Waals surface area contributed by atoms with Gasteiger partial charge in [0.2, 0.25) is 5.91 Å². The Kier molecular flexibility index (Phi) is 7.00. The van der Waals surface area contributed by atoms with Crippen molar-refractivity contribution >= 4 is 29.1 Å². The maximum atomic E-state index is 12.1. The van der Waals surface area contributed by atoms with E-state index in [1.807, 2.05) is 18.2 Å². The second-order valence-corrected chi connectivity index (χ2v) is 6.90. The standard InChI is InChI=1S/C17H24Cl2N2O/c1-12(13-4-3-8-20-11-13)10-17(22)21-9-7-14-15(18)5-2-6-16(14)19/h2,5-6,12-13,20H,3-4,7-11H2,1H3,(H,21,22). The Morgan fingerprint density at radius 2 is 2.14 bits per heavy atom. The van der Waals surface area contributed by atoms with Crippen molar-refractivity contribution in [2.45, 2.75) is 32.6 Å². The molecule has 22 heavy (non-hydrogen) atoms. The zero-order valence-electron chi connectivity index (χ0n) is 13.0. The van der Waals surface area contributed by atoms with E-state index in [-0.39, 0.29) is 5.91 Å². The third kappa shape index (κ3) is 5.15. The van der Waals surface area contributed by atoms with Crippen molar-refractivity contribution in [3.8, 4) is 0 Å². The number of piperidine rings is 1. The minimum Gasteiger partial charge on any atom is -0.356 e. The van der Waals surface area contributed by atoms with Crippen LogP contribution in [-0.4, -0.2) is 25.5 Å². The summed E-state index contributed by atoms with van der Waals surface area (Å²) in [6, 6.07) is 5.47. The van der Waals surface area contributed by atoms with Crippen LogP contribution in [0.25, 0.3) is 0 Å². The summed E-state index contributed by atoms with van der Waals surface area (Å²) in [6.07, 6.45) is 3.67. The van der Waals surface area contributed by atoms with E-state index in [1.165, 1.54) is 12.8 Å². The first-order chi connectivity index (χ1) is 10.6. The van der Waals surface area contributed by atoms with E-state index >= 15 is 0 Å². The topological polar surface area (TPSA) is 41.1 Å². The first kappa shape index (κ1) is 17.6. The third-order valence-electron chi connectivity index (χ3n) is 4.41. The van der Waals surface area contributed by atoms with Gasteiger partial charge in [-0.15, -0.1) is 0 Å². The van der Waals surface area contributed by atoms with Gasteiger partial charge in [-0.25, -0.2) is 0 Å². The number of nitrogens with one attached hydrogen (secondary N) is 2. The van der Waals surface area contributed by atoms with Crippen LogP contribution in [0.1, 0.15) is 31.7 Å². The fourth-order valence-corrected chi connectivity index (χ4v) is 3.58. The van der Waals surface area contributed by atoms with Crippen LogP contribution < -0.4 is 10.6 Å². The van der Waals surface area contributed by atoms with E-state index in [0.29, 0.717) is 41.3 Å². The van der Waals surface area contributed by atoms with E-state index in [9.17, 15) is 4.79 Å². The molecule has 1 amide bonds. The Bertz CT molecular complexity index is 481. The fourth-order valence-electron chi connectivity index (χ4n) is 2.99. The smallest absolute Gasteiger partial charge is 0.220 e. The molecule has 1 aromatic rings. The van der Waals surface area contributed by atoms with Gasteiger partial charge in [-0.1, -0.05) is 36.2 Å². The van der Waals surface area contributed by atoms with Crippen molar-refractivity contribution in [1.82, 2.24) is 10.6 Å². The summed E-state index contributed by atoms with van der Waals surface area (Å²) in [6.45, 7) is 4.87. The van der Waals surface area contributed by atoms with Crippen LogP contribution in [0, 0.1) is 11.8 Å². The zero-order chi connectivity index (χ0) is 15.9. The van der Waals surface area contributed by atoms with Crippen molar-refractivity contribution in [2.75, 3.05) is 19.6 Å². The summed E-state index contributed by atoms with van der Waals surface area (Å²) in [4.78, 5) is 12.1. The summed E-state index contributed by atoms with van der Waals surface area (Å²) < 4.78 is 0. The largest absolute Gasteiger partial charge is 0.356 e. The number of carbonyl (C=O) groups excluding carboxylic acids is 1. The Morgan fingerprint density at radius 3 is 2.77 bits per heavy atom. The van der Waals surface area contributed by atoms with E-state index < -0.39 is 0 Å². The molecule has 3 nitrogen and oxygen atoms in total. The molecular weight excluding hydrogens is 319 g/mol. The quantitative estimate of drug-likeness (QED) is 0.827. The lowest BCUT2D eigenvalue weighted by molar-refractivity contribution is -0.122. The SMILES string of the molecule is CC(CC(=O)NCCc1c(Cl)cccc1Cl)C1CCCNC1. The molecule has 1 aliphatic rings. The molecule has 0 radical (unpaired) electrons. The summed E-state index contributed by atoms with van der Waals surface area (Å²) >= 11 is 12.3. The molecule has 0 saturated carbocycles. The lowest BCUT2D eigenvalue weighted by Gasteiger charge is -2.28. The highest BCUT2D eigenvalue weighted by molar-refractivity contribution is 6.35. The van der Waals surface area contributed by atoms with Crippen molar-refractivity contribution in [1.29, 1.82) is 0 Å². The van der Waals surface area contributed by atoms with Crippen LogP contribution in [0.5, 0.6) is 0 Å². The average Bonchev–Trinajstić information content (AvgIpc) is 2.51. The number of carbonyl (C=O) groups is 1. The molecule has 1 heterocycles. The predicted molar refractivity (Wildman–Crippen MR) is 92.6 cm³/mol. The molecule has 2 atom stereocenters. The van der Waals surface area contributed by atoms with Gasteiger partial charge in [0.05, 0.1) is 0 Å². The molecule has 0 aromatic heterocycles. The molecule has 1 saturated heterocycles. The third-order valence-corrected chi connectivity index (χ3v) is 5.11. The summed E-state index contributed by atoms with van der Waals surface area (Å²) in [7, 11) is 0. The van der Waals surface area contributed by atoms with E-state index in [2.05, 4.69) is 17.6 Å². The molecular formula is C17H24Cl2N2O. The Labute approximate surface area is 142 Å². The van der Waals surface area contributed by atoms with Gasteiger partial charge in [0, 0.05) is 23.0 Å². The van der Waals surface area contributed by atoms with Gasteiger partial charge in [-0.3, -0.25) is 4.79 Å². The van der Waals surface area contributed by atoms with Gasteiger partial charge in [-0.2, -0.15) is 0 Å². The van der Waals surface area contributed by atoms with Crippen LogP contribution >= 0.6 is 23.2 Å². The number of amides is 1. The Morgan fingerprint density at radius 1 is 1.41 bits per heavy atom. The predicted octanol–water partition coefficient (Wildman–Crippen LogP) is 3.68. The Balaban J connectivity index is 1.73. The molecule has 0 bridgehead atoms. The number of rotatable bonds is 6. The summed E-state index contributed by atoms with van der Waals surface area (Å²) in [5.41, 5.74) is 0.899. The molecule has 0 spiro atoms. The lowest BCUT2D eigenvalue weighted by Crippen LogP contribution is -2.36. The molecule has 1 aromatic carbocycles. The van der Waals surface area contributed by atoms with E-state index in [4.69, 9.17) is 23.2 Å². The lowest BCUT2D eigenvalue weighted by atomic mass is 9.85. The summed E-state index contributed by atoms with van der Waals surface area (Å²) in [5, 5.41) is 7.70. The maximum Gasteiger partial charge on any atom is 0.220 e. The molecule has 2 unspecified atom stereocenters. The molecule has 2 rings (SSSR count). The molecule has 122 valence electrons. The van der Waals surface area contributed by atoms with Gasteiger partial charge >= 0.3 is 0 Å². The molecule has 0 aliphatic carbocycles. The van der Waals surface area contributed by atoms with Crippen LogP contribution in [0.15, 0.2) is 18.2 Å². The second-order valence-electron chi connectivity index (χ2n) is 6.09. The zero-order valence-corrected chi connectivity index (χ0v) is 14.5. The van der Waals surface area contributed by atoms with Crippen molar-refractivity contribution in [3.63, 3.8) is 0 Å². The average molecular weight is 343 g/mol. The van der Waals surface area contributed by atoms with Gasteiger partial charge in [0.15, 0.2) is 0 Å². The summed E-state index contributed by atoms with van der Waals surface area (Å²) in [5.74, 6) is 1.13. The van der Waals surface area contributed by atoms with Gasteiger partial charge < -0.3 is 10.6 Å². The van der Waals surface area contributed by atoms with E-state index in [1.54, 1.807) is 0 Å². The fraction of sp³-hybridized carbons (Fsp3) is 0.588. The number of hydrogen-bond donors (Lipinski definition) is 2. The van der Waals surface area contributed by atoms with Crippen molar-refractivity contribution in [2.24, 2.45) is 11.8 Å². The Hall–Kier alpha value is -0.770. The van der Waals surface area contributed by atoms with Crippen LogP contribution in [0.2, 0.25) is 10.0 Å². The normalized spacial score (nSPS) is 19.7. The highest BCUT2D eigenvalue weighted by atomic mass is 35.5. The highest BCUT2D eigenvalue weighted by Crippen LogP contribution is 2.25. The minimum absolute atomic E-state index is 0.112. The number of halogens is 2. The van der Waals surface area contributed by atoms with Gasteiger partial charge in [-0.05, 0) is 61.9 Å². The maximum absolute atomic E-state index is 12.1. The first-order valence-corrected chi connectivity index (χ1v) is 8.74. The van der Waals surface area contributed by atoms with Crippen molar-refractivity contribution < 1.29 is 4.79 Å². The van der Waals surface area contributed by atoms with Gasteiger partial charge in [0.25, 0.3) is 0 Å². The molecule has 1 aliphatic heterocycles. The number of benzene rings is 1. The van der Waals surface area contributed by atoms with Gasteiger partial charge in [0.1, 0.15) is 0 Å². The first-order valence-electron chi connectivity index (χ1n) is 7.98. The van der Waals surface area contributed by atoms with Crippen molar-refractivity contribution in [3.05, 3.63) is 33.8 Å². The highest BCUT2D eigenvalue weighted by Gasteiger charge is 2.21. The molecule has 5 heteroatoms. The molecule has 1 fully saturated rings. The monoisotopic (exact) mass is 342 g/mol. The van der Waals surface area contributed by atoms with Crippen LogP contribution in [-0.2, 0) is 11.2 Å². The molecule has 2 N–H and O–H groups in total. The number of hydrogen-bond acceptors (Lipinski definition) is 2. The van der Waals surface area contributed by atoms with Crippen LogP contribution in [0.4, 0.5) is 0 Å². The second kappa shape index (κ2) is 8.76. The van der Waals surface area contributed by atoms with Crippen LogP contribution in [0.3, 0.4) is 0 Å². The minimum atomic E-state index is 0.112. The van der Waals surface area contributed by atoms with E-state index in [0.717, 1.165) is 18.7 Å².